The highest BCUT2D eigenvalue weighted by molar-refractivity contribution is 6.00. The lowest BCUT2D eigenvalue weighted by Gasteiger charge is -2.32. The lowest BCUT2D eigenvalue weighted by molar-refractivity contribution is -0.149. The molecule has 0 saturated heterocycles. The number of ether oxygens (including phenoxy) is 2. The third kappa shape index (κ3) is 24.5. The normalized spacial score (nSPS) is 15.0. The Kier molecular flexibility index (Phi) is 27.0. The molecule has 0 aromatic rings. The molecule has 0 fully saturated rings. The second-order valence-corrected chi connectivity index (χ2v) is 23.9. The van der Waals surface area contributed by atoms with Crippen LogP contribution in [0.4, 0.5) is 4.79 Å². The fourth-order valence-electron chi connectivity index (χ4n) is 7.21. The van der Waals surface area contributed by atoms with Crippen LogP contribution in [0.15, 0.2) is 0 Å². The van der Waals surface area contributed by atoms with E-state index in [0.29, 0.717) is 0 Å². The molecule has 0 aromatic heterocycles. The number of carbonyl (C=O) groups excluding carboxylic acids is 11. The van der Waals surface area contributed by atoms with Gasteiger partial charge in [-0.15, -0.1) is 0 Å². The van der Waals surface area contributed by atoms with E-state index in [1.165, 1.54) is 62.5 Å². The standard InChI is InChI=1S/C52H94N10O13/c1-26(2)23-33(55-38(63)31(11)53-44(69)37(30(9)10)59-46(71)51(18,19)61-42(67)35(25-28(5)6)57-48(73)75-49(13,14)15)40(65)60-50(16,17)45(70)58-36(29(7)8)43(68)54-32(12)39(64)56-34(24-27(3)4)41(66)62-52(20,21)47(72)74-22/h26-37H,23-25H2,1-22H3,(H,53,69)(H,54,68)(H,55,63)(H,56,64)(H,57,73)(H,58,70)(H,59,71)(H,60,65)(H,61,67)(H,62,66)/t31-,32-,33+,34-,35+,36+,37+/m1/s1. The van der Waals surface area contributed by atoms with Crippen LogP contribution in [-0.2, 0) is 57.4 Å². The molecule has 0 radical (unpaired) electrons. The molecule has 0 spiro atoms. The molecule has 23 heteroatoms. The fraction of sp³-hybridized carbons (Fsp3) is 0.788. The summed E-state index contributed by atoms with van der Waals surface area (Å²) in [4.78, 5) is 147. The highest BCUT2D eigenvalue weighted by Crippen LogP contribution is 2.16. The van der Waals surface area contributed by atoms with Gasteiger partial charge in [-0.05, 0) is 125 Å². The second-order valence-electron chi connectivity index (χ2n) is 23.9. The highest BCUT2D eigenvalue weighted by atomic mass is 16.6. The average Bonchev–Trinajstić information content (AvgIpc) is 3.23. The number of hydrogen-bond donors (Lipinski definition) is 10. The molecule has 7 atom stereocenters. The number of rotatable bonds is 28. The number of alkyl carbamates (subject to hydrolysis) is 1. The van der Waals surface area contributed by atoms with Gasteiger partial charge in [-0.3, -0.25) is 43.2 Å². The summed E-state index contributed by atoms with van der Waals surface area (Å²) in [5.41, 5.74) is -5.45. The van der Waals surface area contributed by atoms with Gasteiger partial charge in [0.05, 0.1) is 7.11 Å². The first kappa shape index (κ1) is 69.0. The second kappa shape index (κ2) is 29.3. The SMILES string of the molecule is COC(=O)C(C)(C)NC(=O)[C@@H](CC(C)C)NC(=O)[C@@H](C)NC(=O)[C@@H](NC(=O)C(C)(C)NC(=O)[C@H](CC(C)C)NC(=O)[C@@H](C)NC(=O)[C@@H](NC(=O)C(C)(C)NC(=O)[C@H](CC(C)C)NC(=O)OC(C)(C)C)C(C)C)C(C)C. The predicted molar refractivity (Wildman–Crippen MR) is 283 cm³/mol. The first-order valence-electron chi connectivity index (χ1n) is 25.9. The first-order chi connectivity index (χ1) is 34.0. The van der Waals surface area contributed by atoms with Crippen molar-refractivity contribution in [3.63, 3.8) is 0 Å². The molecule has 0 unspecified atom stereocenters. The van der Waals surface area contributed by atoms with E-state index < -0.39 is 142 Å². The highest BCUT2D eigenvalue weighted by Gasteiger charge is 2.40. The van der Waals surface area contributed by atoms with Crippen molar-refractivity contribution in [2.45, 2.75) is 229 Å². The van der Waals surface area contributed by atoms with E-state index in [1.54, 1.807) is 48.5 Å². The average molecular weight is 1070 g/mol. The van der Waals surface area contributed by atoms with E-state index >= 15 is 0 Å². The Morgan fingerprint density at radius 1 is 0.373 bits per heavy atom. The molecule has 430 valence electrons. The Morgan fingerprint density at radius 3 is 0.933 bits per heavy atom. The first-order valence-corrected chi connectivity index (χ1v) is 25.9. The van der Waals surface area contributed by atoms with Gasteiger partial charge >= 0.3 is 12.1 Å². The molecule has 0 aliphatic carbocycles. The summed E-state index contributed by atoms with van der Waals surface area (Å²) in [6.07, 6.45) is -0.237. The Labute approximate surface area is 445 Å². The van der Waals surface area contributed by atoms with Crippen LogP contribution in [0.1, 0.15) is 165 Å². The molecule has 0 aliphatic heterocycles. The summed E-state index contributed by atoms with van der Waals surface area (Å²) in [5, 5.41) is 26.3. The zero-order chi connectivity index (χ0) is 58.9. The van der Waals surface area contributed by atoms with Gasteiger partial charge < -0.3 is 62.6 Å². The molecule has 0 bridgehead atoms. The van der Waals surface area contributed by atoms with Crippen molar-refractivity contribution in [3.8, 4) is 0 Å². The lowest BCUT2D eigenvalue weighted by atomic mass is 9.97. The van der Waals surface area contributed by atoms with Crippen molar-refractivity contribution in [3.05, 3.63) is 0 Å². The van der Waals surface area contributed by atoms with Gasteiger partial charge in [-0.25, -0.2) is 9.59 Å². The van der Waals surface area contributed by atoms with Crippen molar-refractivity contribution >= 4 is 65.2 Å². The van der Waals surface area contributed by atoms with Crippen LogP contribution in [0.2, 0.25) is 0 Å². The van der Waals surface area contributed by atoms with Crippen LogP contribution in [-0.4, -0.2) is 137 Å². The number of esters is 1. The van der Waals surface area contributed by atoms with Crippen LogP contribution in [0.25, 0.3) is 0 Å². The smallest absolute Gasteiger partial charge is 0.408 e. The number of methoxy groups -OCH3 is 1. The maximum Gasteiger partial charge on any atom is 0.408 e. The van der Waals surface area contributed by atoms with Gasteiger partial charge in [-0.1, -0.05) is 69.2 Å². The predicted octanol–water partition coefficient (Wildman–Crippen LogP) is 2.14. The van der Waals surface area contributed by atoms with Crippen LogP contribution in [0.5, 0.6) is 0 Å². The van der Waals surface area contributed by atoms with Gasteiger partial charge in [0.15, 0.2) is 0 Å². The summed E-state index contributed by atoms with van der Waals surface area (Å²) in [6.45, 7) is 34.2. The van der Waals surface area contributed by atoms with E-state index in [0.717, 1.165) is 0 Å². The lowest BCUT2D eigenvalue weighted by Crippen LogP contribution is -2.64. The molecule has 10 amide bonds. The molecule has 0 heterocycles. The van der Waals surface area contributed by atoms with Crippen LogP contribution < -0.4 is 53.2 Å². The van der Waals surface area contributed by atoms with Crippen LogP contribution in [0.3, 0.4) is 0 Å². The Bertz CT molecular complexity index is 2030. The quantitative estimate of drug-likeness (QED) is 0.0503. The number of nitrogens with one attached hydrogen (secondary N) is 10. The molecular formula is C52H94N10O13. The summed E-state index contributed by atoms with van der Waals surface area (Å²) < 4.78 is 10.1. The summed E-state index contributed by atoms with van der Waals surface area (Å²) in [6, 6.07) is -8.10. The fourth-order valence-corrected chi connectivity index (χ4v) is 7.21. The third-order valence-corrected chi connectivity index (χ3v) is 11.5. The topological polar surface area (TPSA) is 327 Å². The van der Waals surface area contributed by atoms with Crippen LogP contribution >= 0.6 is 0 Å². The minimum Gasteiger partial charge on any atom is -0.467 e. The summed E-state index contributed by atoms with van der Waals surface area (Å²) >= 11 is 0. The monoisotopic (exact) mass is 1070 g/mol. The van der Waals surface area contributed by atoms with Gasteiger partial charge in [-0.2, -0.15) is 0 Å². The van der Waals surface area contributed by atoms with Gasteiger partial charge in [0.25, 0.3) is 0 Å². The van der Waals surface area contributed by atoms with E-state index in [1.807, 2.05) is 41.5 Å². The molecular weight excluding hydrogens is 973 g/mol. The minimum atomic E-state index is -1.66. The molecule has 23 nitrogen and oxygen atoms in total. The van der Waals surface area contributed by atoms with E-state index in [-0.39, 0.29) is 37.0 Å². The van der Waals surface area contributed by atoms with E-state index in [2.05, 4.69) is 53.2 Å². The van der Waals surface area contributed by atoms with Gasteiger partial charge in [0.1, 0.15) is 64.5 Å². The molecule has 0 aromatic carbocycles. The van der Waals surface area contributed by atoms with E-state index in [9.17, 15) is 52.7 Å². The largest absolute Gasteiger partial charge is 0.467 e. The molecule has 0 aliphatic rings. The minimum absolute atomic E-state index is 0.0184. The maximum atomic E-state index is 13.9. The summed E-state index contributed by atoms with van der Waals surface area (Å²) in [5.74, 6) is -8.34. The summed E-state index contributed by atoms with van der Waals surface area (Å²) in [7, 11) is 1.18. The Balaban J connectivity index is 6.03. The van der Waals surface area contributed by atoms with Crippen molar-refractivity contribution in [2.75, 3.05) is 7.11 Å². The number of hydrogen-bond acceptors (Lipinski definition) is 13. The number of carbonyl (C=O) groups is 11. The zero-order valence-corrected chi connectivity index (χ0v) is 48.9. The zero-order valence-electron chi connectivity index (χ0n) is 48.9. The van der Waals surface area contributed by atoms with Crippen LogP contribution in [0, 0.1) is 29.6 Å². The van der Waals surface area contributed by atoms with Gasteiger partial charge in [0, 0.05) is 0 Å². The Hall–Kier alpha value is -6.03. The number of amides is 10. The van der Waals surface area contributed by atoms with Crippen molar-refractivity contribution in [1.82, 2.24) is 53.2 Å². The van der Waals surface area contributed by atoms with Crippen molar-refractivity contribution in [2.24, 2.45) is 29.6 Å². The molecule has 10 N–H and O–H groups in total. The molecule has 0 saturated carbocycles. The van der Waals surface area contributed by atoms with Crippen molar-refractivity contribution < 1.29 is 62.2 Å². The molecule has 75 heavy (non-hydrogen) atoms. The molecule has 0 rings (SSSR count). The van der Waals surface area contributed by atoms with Gasteiger partial charge in [0.2, 0.25) is 53.2 Å². The third-order valence-electron chi connectivity index (χ3n) is 11.5. The van der Waals surface area contributed by atoms with E-state index in [4.69, 9.17) is 9.47 Å². The Morgan fingerprint density at radius 2 is 0.667 bits per heavy atom. The van der Waals surface area contributed by atoms with Crippen molar-refractivity contribution in [1.29, 1.82) is 0 Å². The maximum absolute atomic E-state index is 13.9.